The number of ether oxygens (including phenoxy) is 2. The quantitative estimate of drug-likeness (QED) is 0.548. The molecule has 0 saturated carbocycles. The van der Waals surface area contributed by atoms with Crippen LogP contribution in [0, 0.1) is 0 Å². The topological polar surface area (TPSA) is 72.7 Å². The molecule has 4 rings (SSSR count). The first-order valence-corrected chi connectivity index (χ1v) is 11.1. The molecule has 0 unspecified atom stereocenters. The van der Waals surface area contributed by atoms with Gasteiger partial charge in [0, 0.05) is 38.9 Å². The Morgan fingerprint density at radius 1 is 1.30 bits per heavy atom. The van der Waals surface area contributed by atoms with E-state index in [9.17, 15) is 4.79 Å². The molecule has 1 saturated heterocycles. The standard InChI is InChI=1S/C21H27N5O3S/c1-3-26-18(7-8-22-26)20(27)25(10-4-9-24-11-13-29-14-12-24)21-23-17-6-5-16(28-2)15-19(17)30-21/h5-8,15H,3-4,9-14H2,1-2H3. The number of carbonyl (C=O) groups is 1. The highest BCUT2D eigenvalue weighted by Gasteiger charge is 2.24. The molecule has 0 bridgehead atoms. The Morgan fingerprint density at radius 2 is 2.13 bits per heavy atom. The lowest BCUT2D eigenvalue weighted by Gasteiger charge is -2.27. The van der Waals surface area contributed by atoms with E-state index >= 15 is 0 Å². The molecule has 0 atom stereocenters. The third kappa shape index (κ3) is 4.48. The zero-order valence-corrected chi connectivity index (χ0v) is 18.2. The molecule has 0 spiro atoms. The van der Waals surface area contributed by atoms with Gasteiger partial charge in [-0.15, -0.1) is 0 Å². The number of nitrogens with zero attached hydrogens (tertiary/aromatic N) is 5. The zero-order valence-electron chi connectivity index (χ0n) is 17.4. The second kappa shape index (κ2) is 9.55. The van der Waals surface area contributed by atoms with Gasteiger partial charge in [0.05, 0.1) is 30.5 Å². The van der Waals surface area contributed by atoms with Crippen LogP contribution in [0.15, 0.2) is 30.5 Å². The normalized spacial score (nSPS) is 14.9. The van der Waals surface area contributed by atoms with Crippen LogP contribution in [-0.2, 0) is 11.3 Å². The molecule has 0 N–H and O–H groups in total. The first kappa shape index (κ1) is 20.8. The lowest BCUT2D eigenvalue weighted by atomic mass is 10.3. The van der Waals surface area contributed by atoms with Crippen LogP contribution in [0.1, 0.15) is 23.8 Å². The molecule has 9 heteroatoms. The lowest BCUT2D eigenvalue weighted by Crippen LogP contribution is -2.39. The molecule has 2 aromatic heterocycles. The molecule has 0 radical (unpaired) electrons. The Bertz CT molecular complexity index is 996. The van der Waals surface area contributed by atoms with E-state index in [0.29, 0.717) is 23.9 Å². The van der Waals surface area contributed by atoms with Crippen LogP contribution in [0.5, 0.6) is 5.75 Å². The van der Waals surface area contributed by atoms with Gasteiger partial charge in [0.25, 0.3) is 5.91 Å². The largest absolute Gasteiger partial charge is 0.497 e. The molecular formula is C21H27N5O3S. The number of fused-ring (bicyclic) bond motifs is 1. The number of anilines is 1. The summed E-state index contributed by atoms with van der Waals surface area (Å²) in [4.78, 5) is 22.4. The molecule has 160 valence electrons. The SMILES string of the molecule is CCn1nccc1C(=O)N(CCCN1CCOCC1)c1nc2ccc(OC)cc2s1. The summed E-state index contributed by atoms with van der Waals surface area (Å²) < 4.78 is 13.5. The van der Waals surface area contributed by atoms with Gasteiger partial charge in [0.15, 0.2) is 5.13 Å². The minimum absolute atomic E-state index is 0.0673. The highest BCUT2D eigenvalue weighted by molar-refractivity contribution is 7.22. The first-order valence-electron chi connectivity index (χ1n) is 10.3. The first-order chi connectivity index (χ1) is 14.7. The van der Waals surface area contributed by atoms with Crippen LogP contribution in [0.2, 0.25) is 0 Å². The van der Waals surface area contributed by atoms with Crippen LogP contribution in [0.4, 0.5) is 5.13 Å². The monoisotopic (exact) mass is 429 g/mol. The molecule has 1 fully saturated rings. The van der Waals surface area contributed by atoms with Gasteiger partial charge in [-0.25, -0.2) is 4.98 Å². The van der Waals surface area contributed by atoms with Gasteiger partial charge in [0.1, 0.15) is 11.4 Å². The van der Waals surface area contributed by atoms with Crippen LogP contribution in [0.25, 0.3) is 10.2 Å². The average molecular weight is 430 g/mol. The van der Waals surface area contributed by atoms with E-state index < -0.39 is 0 Å². The molecule has 0 aliphatic carbocycles. The number of benzene rings is 1. The second-order valence-electron chi connectivity index (χ2n) is 7.13. The highest BCUT2D eigenvalue weighted by Crippen LogP contribution is 2.32. The number of amides is 1. The van der Waals surface area contributed by atoms with Gasteiger partial charge in [0.2, 0.25) is 0 Å². The molecule has 3 heterocycles. The number of hydrogen-bond donors (Lipinski definition) is 0. The van der Waals surface area contributed by atoms with Crippen molar-refractivity contribution in [2.45, 2.75) is 19.9 Å². The summed E-state index contributed by atoms with van der Waals surface area (Å²) in [6, 6.07) is 7.56. The average Bonchev–Trinajstić information content (AvgIpc) is 3.43. The van der Waals surface area contributed by atoms with E-state index in [1.165, 1.54) is 11.3 Å². The van der Waals surface area contributed by atoms with Gasteiger partial charge in [-0.2, -0.15) is 5.10 Å². The smallest absolute Gasteiger partial charge is 0.278 e. The van der Waals surface area contributed by atoms with Crippen LogP contribution >= 0.6 is 11.3 Å². The van der Waals surface area contributed by atoms with Crippen LogP contribution in [-0.4, -0.2) is 72.1 Å². The second-order valence-corrected chi connectivity index (χ2v) is 8.14. The van der Waals surface area contributed by atoms with Gasteiger partial charge in [-0.3, -0.25) is 19.3 Å². The Balaban J connectivity index is 1.58. The van der Waals surface area contributed by atoms with Gasteiger partial charge < -0.3 is 9.47 Å². The molecule has 1 amide bonds. The number of aryl methyl sites for hydroxylation is 1. The minimum Gasteiger partial charge on any atom is -0.497 e. The van der Waals surface area contributed by atoms with Crippen molar-refractivity contribution in [3.8, 4) is 5.75 Å². The van der Waals surface area contributed by atoms with Crippen LogP contribution < -0.4 is 9.64 Å². The molecule has 30 heavy (non-hydrogen) atoms. The number of methoxy groups -OCH3 is 1. The predicted molar refractivity (Wildman–Crippen MR) is 118 cm³/mol. The number of aromatic nitrogens is 3. The molecular weight excluding hydrogens is 402 g/mol. The van der Waals surface area contributed by atoms with Crippen molar-refractivity contribution in [2.24, 2.45) is 0 Å². The maximum atomic E-state index is 13.4. The predicted octanol–water partition coefficient (Wildman–Crippen LogP) is 2.89. The number of morpholine rings is 1. The minimum atomic E-state index is -0.0673. The molecule has 3 aromatic rings. The molecule has 8 nitrogen and oxygen atoms in total. The molecule has 1 aliphatic rings. The fourth-order valence-corrected chi connectivity index (χ4v) is 4.62. The van der Waals surface area contributed by atoms with Crippen molar-refractivity contribution in [1.82, 2.24) is 19.7 Å². The van der Waals surface area contributed by atoms with E-state index in [1.807, 2.05) is 25.1 Å². The van der Waals surface area contributed by atoms with Gasteiger partial charge >= 0.3 is 0 Å². The number of hydrogen-bond acceptors (Lipinski definition) is 7. The summed E-state index contributed by atoms with van der Waals surface area (Å²) in [6.07, 6.45) is 2.54. The van der Waals surface area contributed by atoms with Gasteiger partial charge in [-0.05, 0) is 37.6 Å². The third-order valence-electron chi connectivity index (χ3n) is 5.26. The fourth-order valence-electron chi connectivity index (χ4n) is 3.60. The fraction of sp³-hybridized carbons (Fsp3) is 0.476. The van der Waals surface area contributed by atoms with E-state index in [1.54, 1.807) is 29.0 Å². The van der Waals surface area contributed by atoms with Crippen molar-refractivity contribution in [3.63, 3.8) is 0 Å². The summed E-state index contributed by atoms with van der Waals surface area (Å²) in [7, 11) is 1.65. The number of rotatable bonds is 8. The van der Waals surface area contributed by atoms with Crippen molar-refractivity contribution >= 4 is 32.6 Å². The van der Waals surface area contributed by atoms with Crippen molar-refractivity contribution in [3.05, 3.63) is 36.2 Å². The zero-order chi connectivity index (χ0) is 20.9. The van der Waals surface area contributed by atoms with Crippen molar-refractivity contribution < 1.29 is 14.3 Å². The Kier molecular flexibility index (Phi) is 6.61. The van der Waals surface area contributed by atoms with Crippen LogP contribution in [0.3, 0.4) is 0 Å². The summed E-state index contributed by atoms with van der Waals surface area (Å²) >= 11 is 1.51. The third-order valence-corrected chi connectivity index (χ3v) is 6.30. The summed E-state index contributed by atoms with van der Waals surface area (Å²) in [5, 5.41) is 4.97. The van der Waals surface area contributed by atoms with E-state index in [0.717, 1.165) is 55.2 Å². The maximum Gasteiger partial charge on any atom is 0.278 e. The van der Waals surface area contributed by atoms with E-state index in [2.05, 4.69) is 10.00 Å². The molecule has 1 aromatic carbocycles. The summed E-state index contributed by atoms with van der Waals surface area (Å²) in [5.74, 6) is 0.717. The maximum absolute atomic E-state index is 13.4. The lowest BCUT2D eigenvalue weighted by molar-refractivity contribution is 0.0376. The highest BCUT2D eigenvalue weighted by atomic mass is 32.1. The van der Waals surface area contributed by atoms with E-state index in [4.69, 9.17) is 14.5 Å². The Hall–Kier alpha value is -2.49. The van der Waals surface area contributed by atoms with Gasteiger partial charge in [-0.1, -0.05) is 11.3 Å². The molecule has 1 aliphatic heterocycles. The number of carbonyl (C=O) groups excluding carboxylic acids is 1. The summed E-state index contributed by atoms with van der Waals surface area (Å²) in [5.41, 5.74) is 1.45. The Labute approximate surface area is 180 Å². The Morgan fingerprint density at radius 3 is 2.90 bits per heavy atom. The van der Waals surface area contributed by atoms with Crippen molar-refractivity contribution in [1.29, 1.82) is 0 Å². The van der Waals surface area contributed by atoms with E-state index in [-0.39, 0.29) is 5.91 Å². The van der Waals surface area contributed by atoms with Crippen molar-refractivity contribution in [2.75, 3.05) is 51.4 Å². The summed E-state index contributed by atoms with van der Waals surface area (Å²) in [6.45, 7) is 7.59. The number of thiazole rings is 1.